The largest absolute Gasteiger partial charge is 0.481 e. The summed E-state index contributed by atoms with van der Waals surface area (Å²) in [6.07, 6.45) is 5.64. The van der Waals surface area contributed by atoms with Gasteiger partial charge in [0, 0.05) is 6.20 Å². The van der Waals surface area contributed by atoms with Crippen molar-refractivity contribution in [3.8, 4) is 0 Å². The van der Waals surface area contributed by atoms with Crippen LogP contribution in [0.3, 0.4) is 0 Å². The standard InChI is InChI=1S/C8H10N2O2/c11-7(12)8(1-2-8)3-6-4-9-10-5-6/h4-5H,1-3H2,(H,9,10)(H,11,12). The summed E-state index contributed by atoms with van der Waals surface area (Å²) in [6, 6.07) is 0. The summed E-state index contributed by atoms with van der Waals surface area (Å²) in [4.78, 5) is 10.8. The lowest BCUT2D eigenvalue weighted by Gasteiger charge is -2.05. The minimum atomic E-state index is -0.677. The number of carbonyl (C=O) groups is 1. The Kier molecular flexibility index (Phi) is 1.43. The number of aromatic amines is 1. The predicted octanol–water partition coefficient (Wildman–Crippen LogP) is 0.817. The fraction of sp³-hybridized carbons (Fsp3) is 0.500. The molecular weight excluding hydrogens is 156 g/mol. The van der Waals surface area contributed by atoms with E-state index in [0.29, 0.717) is 6.42 Å². The van der Waals surface area contributed by atoms with Gasteiger partial charge in [-0.05, 0) is 24.8 Å². The van der Waals surface area contributed by atoms with Gasteiger partial charge in [-0.15, -0.1) is 0 Å². The number of aromatic nitrogens is 2. The van der Waals surface area contributed by atoms with Crippen LogP contribution in [0, 0.1) is 5.41 Å². The van der Waals surface area contributed by atoms with E-state index < -0.39 is 11.4 Å². The second kappa shape index (κ2) is 2.33. The summed E-state index contributed by atoms with van der Waals surface area (Å²) in [5.74, 6) is -0.677. The van der Waals surface area contributed by atoms with Crippen molar-refractivity contribution in [3.63, 3.8) is 0 Å². The van der Waals surface area contributed by atoms with E-state index in [9.17, 15) is 4.79 Å². The normalized spacial score (nSPS) is 19.0. The summed E-state index contributed by atoms with van der Waals surface area (Å²) in [6.45, 7) is 0. The van der Waals surface area contributed by atoms with Crippen LogP contribution in [0.2, 0.25) is 0 Å². The van der Waals surface area contributed by atoms with E-state index in [1.165, 1.54) is 0 Å². The van der Waals surface area contributed by atoms with Crippen LogP contribution in [0.1, 0.15) is 18.4 Å². The van der Waals surface area contributed by atoms with Crippen molar-refractivity contribution in [2.24, 2.45) is 5.41 Å². The lowest BCUT2D eigenvalue weighted by Crippen LogP contribution is -2.17. The minimum absolute atomic E-state index is 0.468. The number of aliphatic carboxylic acids is 1. The molecule has 0 radical (unpaired) electrons. The molecule has 2 N–H and O–H groups in total. The monoisotopic (exact) mass is 166 g/mol. The third-order valence-electron chi connectivity index (χ3n) is 2.40. The van der Waals surface area contributed by atoms with Gasteiger partial charge in [0.2, 0.25) is 0 Å². The molecule has 1 aromatic rings. The highest BCUT2D eigenvalue weighted by Gasteiger charge is 2.50. The summed E-state index contributed by atoms with van der Waals surface area (Å²) < 4.78 is 0. The zero-order chi connectivity index (χ0) is 8.60. The molecule has 0 unspecified atom stereocenters. The second-order valence-electron chi connectivity index (χ2n) is 3.37. The Hall–Kier alpha value is -1.32. The molecule has 64 valence electrons. The Morgan fingerprint density at radius 3 is 2.92 bits per heavy atom. The van der Waals surface area contributed by atoms with E-state index >= 15 is 0 Å². The molecule has 4 heteroatoms. The number of carboxylic acid groups (broad SMARTS) is 1. The van der Waals surface area contributed by atoms with E-state index in [4.69, 9.17) is 5.11 Å². The third-order valence-corrected chi connectivity index (χ3v) is 2.40. The second-order valence-corrected chi connectivity index (χ2v) is 3.37. The molecule has 1 heterocycles. The van der Waals surface area contributed by atoms with Crippen LogP contribution in [-0.4, -0.2) is 21.3 Å². The van der Waals surface area contributed by atoms with Crippen LogP contribution in [0.4, 0.5) is 0 Å². The molecule has 0 spiro atoms. The lowest BCUT2D eigenvalue weighted by molar-refractivity contribution is -0.143. The Bertz CT molecular complexity index is 288. The maximum atomic E-state index is 10.8. The lowest BCUT2D eigenvalue weighted by atomic mass is 9.99. The van der Waals surface area contributed by atoms with Crippen LogP contribution in [0.25, 0.3) is 0 Å². The average Bonchev–Trinajstić information content (AvgIpc) is 2.60. The van der Waals surface area contributed by atoms with Gasteiger partial charge in [-0.1, -0.05) is 0 Å². The smallest absolute Gasteiger partial charge is 0.309 e. The zero-order valence-corrected chi connectivity index (χ0v) is 6.58. The van der Waals surface area contributed by atoms with Gasteiger partial charge in [-0.3, -0.25) is 9.89 Å². The minimum Gasteiger partial charge on any atom is -0.481 e. The first kappa shape index (κ1) is 7.34. The maximum Gasteiger partial charge on any atom is 0.309 e. The molecule has 0 atom stereocenters. The van der Waals surface area contributed by atoms with E-state index in [2.05, 4.69) is 10.2 Å². The van der Waals surface area contributed by atoms with Gasteiger partial charge in [0.25, 0.3) is 0 Å². The molecule has 1 fully saturated rings. The number of H-pyrrole nitrogens is 1. The highest BCUT2D eigenvalue weighted by atomic mass is 16.4. The molecule has 0 aliphatic heterocycles. The van der Waals surface area contributed by atoms with Crippen molar-refractivity contribution in [2.45, 2.75) is 19.3 Å². The quantitative estimate of drug-likeness (QED) is 0.698. The molecule has 12 heavy (non-hydrogen) atoms. The summed E-state index contributed by atoms with van der Waals surface area (Å²) >= 11 is 0. The van der Waals surface area contributed by atoms with Crippen LogP contribution >= 0.6 is 0 Å². The number of carboxylic acids is 1. The zero-order valence-electron chi connectivity index (χ0n) is 6.58. The van der Waals surface area contributed by atoms with Gasteiger partial charge in [-0.25, -0.2) is 0 Å². The van der Waals surface area contributed by atoms with Crippen LogP contribution in [-0.2, 0) is 11.2 Å². The number of nitrogens with one attached hydrogen (secondary N) is 1. The molecule has 4 nitrogen and oxygen atoms in total. The van der Waals surface area contributed by atoms with E-state index in [1.807, 2.05) is 0 Å². The fourth-order valence-corrected chi connectivity index (χ4v) is 1.38. The molecule has 1 aliphatic rings. The summed E-state index contributed by atoms with van der Waals surface area (Å²) in [5, 5.41) is 15.3. The molecule has 1 aliphatic carbocycles. The van der Waals surface area contributed by atoms with Crippen molar-refractivity contribution >= 4 is 5.97 Å². The predicted molar refractivity (Wildman–Crippen MR) is 41.6 cm³/mol. The first-order valence-electron chi connectivity index (χ1n) is 3.94. The highest BCUT2D eigenvalue weighted by Crippen LogP contribution is 2.48. The molecular formula is C8H10N2O2. The number of hydrogen-bond donors (Lipinski definition) is 2. The van der Waals surface area contributed by atoms with Gasteiger partial charge in [0.1, 0.15) is 0 Å². The van der Waals surface area contributed by atoms with Crippen LogP contribution in [0.15, 0.2) is 12.4 Å². The first-order chi connectivity index (χ1) is 5.73. The first-order valence-corrected chi connectivity index (χ1v) is 3.94. The number of nitrogens with zero attached hydrogens (tertiary/aromatic N) is 1. The van der Waals surface area contributed by atoms with Gasteiger partial charge in [0.15, 0.2) is 0 Å². The Morgan fingerprint density at radius 2 is 2.50 bits per heavy atom. The topological polar surface area (TPSA) is 66.0 Å². The summed E-state index contributed by atoms with van der Waals surface area (Å²) in [7, 11) is 0. The van der Waals surface area contributed by atoms with Crippen LogP contribution in [0.5, 0.6) is 0 Å². The van der Waals surface area contributed by atoms with E-state index in [0.717, 1.165) is 18.4 Å². The molecule has 0 aromatic carbocycles. The van der Waals surface area contributed by atoms with Gasteiger partial charge >= 0.3 is 5.97 Å². The van der Waals surface area contributed by atoms with Crippen LogP contribution < -0.4 is 0 Å². The number of hydrogen-bond acceptors (Lipinski definition) is 2. The highest BCUT2D eigenvalue weighted by molar-refractivity contribution is 5.78. The molecule has 0 amide bonds. The van der Waals surface area contributed by atoms with Crippen molar-refractivity contribution < 1.29 is 9.90 Å². The molecule has 2 rings (SSSR count). The maximum absolute atomic E-state index is 10.8. The molecule has 1 aromatic heterocycles. The Balaban J connectivity index is 2.09. The van der Waals surface area contributed by atoms with Crippen molar-refractivity contribution in [3.05, 3.63) is 18.0 Å². The Morgan fingerprint density at radius 1 is 1.75 bits per heavy atom. The average molecular weight is 166 g/mol. The van der Waals surface area contributed by atoms with Gasteiger partial charge < -0.3 is 5.11 Å². The molecule has 0 saturated heterocycles. The van der Waals surface area contributed by atoms with Crippen molar-refractivity contribution in [2.75, 3.05) is 0 Å². The van der Waals surface area contributed by atoms with E-state index in [-0.39, 0.29) is 0 Å². The summed E-state index contributed by atoms with van der Waals surface area (Å²) in [5.41, 5.74) is 0.513. The molecule has 0 bridgehead atoms. The van der Waals surface area contributed by atoms with E-state index in [1.54, 1.807) is 12.4 Å². The van der Waals surface area contributed by atoms with Gasteiger partial charge in [-0.2, -0.15) is 5.10 Å². The Labute approximate surface area is 69.6 Å². The number of rotatable bonds is 3. The third kappa shape index (κ3) is 1.09. The molecule has 1 saturated carbocycles. The SMILES string of the molecule is O=C(O)C1(Cc2cn[nH]c2)CC1. The van der Waals surface area contributed by atoms with Crippen molar-refractivity contribution in [1.29, 1.82) is 0 Å². The van der Waals surface area contributed by atoms with Gasteiger partial charge in [0.05, 0.1) is 11.6 Å². The fourth-order valence-electron chi connectivity index (χ4n) is 1.38. The van der Waals surface area contributed by atoms with Crippen molar-refractivity contribution in [1.82, 2.24) is 10.2 Å².